The first-order valence-corrected chi connectivity index (χ1v) is 7.52. The van der Waals surface area contributed by atoms with Crippen molar-refractivity contribution >= 4 is 0 Å². The van der Waals surface area contributed by atoms with Crippen LogP contribution in [0.25, 0.3) is 0 Å². The van der Waals surface area contributed by atoms with Gasteiger partial charge in [-0.05, 0) is 33.0 Å². The maximum Gasteiger partial charge on any atom is 0.00278 e. The summed E-state index contributed by atoms with van der Waals surface area (Å²) in [6.45, 7) is 24.5. The largest absolute Gasteiger partial charge is 0.394 e. The molecule has 0 fully saturated rings. The van der Waals surface area contributed by atoms with Gasteiger partial charge in [0, 0.05) is 13.2 Å². The Morgan fingerprint density at radius 1 is 0.800 bits per heavy atom. The first-order valence-electron chi connectivity index (χ1n) is 7.52. The van der Waals surface area contributed by atoms with Gasteiger partial charge in [0.1, 0.15) is 0 Å². The van der Waals surface area contributed by atoms with Gasteiger partial charge in [0.05, 0.1) is 0 Å². The molecule has 0 bridgehead atoms. The third kappa shape index (κ3) is 4.85. The van der Waals surface area contributed by atoms with Crippen LogP contribution in [0.1, 0.15) is 62.3 Å². The zero-order valence-electron chi connectivity index (χ0n) is 15.4. The Morgan fingerprint density at radius 2 is 1.25 bits per heavy atom. The lowest BCUT2D eigenvalue weighted by Gasteiger charge is -2.38. The van der Waals surface area contributed by atoms with E-state index in [9.17, 15) is 0 Å². The number of allylic oxidation sites excluding steroid dienone is 4. The molecule has 0 aromatic rings. The first kappa shape index (κ1) is 19.0. The van der Waals surface area contributed by atoms with Gasteiger partial charge in [-0.3, -0.25) is 0 Å². The summed E-state index contributed by atoms with van der Waals surface area (Å²) in [5.74, 6) is 0. The Labute approximate surface area is 127 Å². The molecule has 1 nitrogen and oxygen atoms in total. The van der Waals surface area contributed by atoms with Crippen molar-refractivity contribution in [1.29, 1.82) is 0 Å². The molecule has 0 rings (SSSR count). The SMILES string of the molecule is C=C/C(=C(\C(=C/NC)C(C)(C)C)C(C)(C)C)C(C)(C)C. The summed E-state index contributed by atoms with van der Waals surface area (Å²) in [4.78, 5) is 0. The molecule has 0 spiro atoms. The van der Waals surface area contributed by atoms with Crippen LogP contribution in [0, 0.1) is 16.2 Å². The molecule has 0 unspecified atom stereocenters. The van der Waals surface area contributed by atoms with Gasteiger partial charge in [0.2, 0.25) is 0 Å². The fourth-order valence-electron chi connectivity index (χ4n) is 2.54. The highest BCUT2D eigenvalue weighted by Gasteiger charge is 2.33. The molecular weight excluding hydrogens is 242 g/mol. The smallest absolute Gasteiger partial charge is 0.00278 e. The Balaban J connectivity index is 6.55. The van der Waals surface area contributed by atoms with E-state index in [1.54, 1.807) is 0 Å². The number of hydrogen-bond donors (Lipinski definition) is 1. The Hall–Kier alpha value is -0.980. The van der Waals surface area contributed by atoms with Crippen LogP contribution in [0.5, 0.6) is 0 Å². The van der Waals surface area contributed by atoms with E-state index >= 15 is 0 Å². The van der Waals surface area contributed by atoms with E-state index < -0.39 is 0 Å². The van der Waals surface area contributed by atoms with Gasteiger partial charge in [-0.25, -0.2) is 0 Å². The highest BCUT2D eigenvalue weighted by molar-refractivity contribution is 5.47. The quantitative estimate of drug-likeness (QED) is 0.651. The zero-order chi connectivity index (χ0) is 16.4. The van der Waals surface area contributed by atoms with Crippen molar-refractivity contribution in [1.82, 2.24) is 5.32 Å². The van der Waals surface area contributed by atoms with Crippen molar-refractivity contribution in [2.45, 2.75) is 62.3 Å². The molecule has 0 saturated carbocycles. The molecule has 0 aliphatic rings. The molecule has 0 radical (unpaired) electrons. The second-order valence-corrected chi connectivity index (χ2v) is 8.59. The van der Waals surface area contributed by atoms with E-state index in [1.165, 1.54) is 16.7 Å². The summed E-state index contributed by atoms with van der Waals surface area (Å²) in [5, 5.41) is 3.23. The second kappa shape index (κ2) is 6.20. The van der Waals surface area contributed by atoms with Crippen LogP contribution in [0.4, 0.5) is 0 Å². The highest BCUT2D eigenvalue weighted by atomic mass is 14.8. The van der Waals surface area contributed by atoms with Crippen molar-refractivity contribution in [2.75, 3.05) is 7.05 Å². The summed E-state index contributed by atoms with van der Waals surface area (Å²) >= 11 is 0. The minimum absolute atomic E-state index is 0.0762. The minimum atomic E-state index is 0.0762. The van der Waals surface area contributed by atoms with Gasteiger partial charge < -0.3 is 5.32 Å². The highest BCUT2D eigenvalue weighted by Crippen LogP contribution is 2.45. The molecule has 0 heterocycles. The van der Waals surface area contributed by atoms with Crippen LogP contribution in [0.3, 0.4) is 0 Å². The number of hydrogen-bond acceptors (Lipinski definition) is 1. The lowest BCUT2D eigenvalue weighted by Crippen LogP contribution is -2.26. The minimum Gasteiger partial charge on any atom is -0.394 e. The molecule has 0 atom stereocenters. The van der Waals surface area contributed by atoms with Crippen molar-refractivity contribution < 1.29 is 0 Å². The fraction of sp³-hybridized carbons (Fsp3) is 0.684. The van der Waals surface area contributed by atoms with Crippen LogP contribution in [0.15, 0.2) is 35.6 Å². The molecule has 0 saturated heterocycles. The lowest BCUT2D eigenvalue weighted by molar-refractivity contribution is 0.419. The molecule has 0 amide bonds. The lowest BCUT2D eigenvalue weighted by atomic mass is 9.67. The molecule has 1 N–H and O–H groups in total. The summed E-state index contributed by atoms with van der Waals surface area (Å²) < 4.78 is 0. The normalized spacial score (nSPS) is 15.8. The van der Waals surface area contributed by atoms with Crippen LogP contribution in [0.2, 0.25) is 0 Å². The molecule has 1 heteroatoms. The molecule has 20 heavy (non-hydrogen) atoms. The van der Waals surface area contributed by atoms with Crippen molar-refractivity contribution in [3.05, 3.63) is 35.6 Å². The standard InChI is InChI=1S/C19H35N/c1-12-14(17(2,3)4)16(19(8,9)10)15(13-20-11)18(5,6)7/h12-13,20H,1H2,2-11H3/b15-13+,16-14-. The van der Waals surface area contributed by atoms with E-state index in [-0.39, 0.29) is 16.2 Å². The fourth-order valence-corrected chi connectivity index (χ4v) is 2.54. The zero-order valence-corrected chi connectivity index (χ0v) is 15.4. The average Bonchev–Trinajstić information content (AvgIpc) is 2.17. The number of rotatable bonds is 3. The predicted molar refractivity (Wildman–Crippen MR) is 92.7 cm³/mol. The molecule has 116 valence electrons. The first-order chi connectivity index (χ1) is 8.76. The van der Waals surface area contributed by atoms with Crippen LogP contribution < -0.4 is 5.32 Å². The van der Waals surface area contributed by atoms with E-state index in [4.69, 9.17) is 0 Å². The van der Waals surface area contributed by atoms with Gasteiger partial charge in [0.25, 0.3) is 0 Å². The molecule has 0 aliphatic carbocycles. The maximum atomic E-state index is 4.08. The molecule has 0 aromatic carbocycles. The van der Waals surface area contributed by atoms with Crippen LogP contribution in [-0.4, -0.2) is 7.05 Å². The van der Waals surface area contributed by atoms with Gasteiger partial charge in [0.15, 0.2) is 0 Å². The summed E-state index contributed by atoms with van der Waals surface area (Å²) in [5.41, 5.74) is 4.35. The summed E-state index contributed by atoms with van der Waals surface area (Å²) in [6, 6.07) is 0. The van der Waals surface area contributed by atoms with Gasteiger partial charge in [-0.2, -0.15) is 0 Å². The monoisotopic (exact) mass is 277 g/mol. The molecule has 0 aromatic heterocycles. The van der Waals surface area contributed by atoms with Crippen LogP contribution >= 0.6 is 0 Å². The number of nitrogens with one attached hydrogen (secondary N) is 1. The third-order valence-corrected chi connectivity index (χ3v) is 3.40. The Bertz CT molecular complexity index is 401. The second-order valence-electron chi connectivity index (χ2n) is 8.59. The van der Waals surface area contributed by atoms with Gasteiger partial charge in [-0.1, -0.05) is 75.0 Å². The Kier molecular flexibility index (Phi) is 5.89. The van der Waals surface area contributed by atoms with E-state index in [1.807, 2.05) is 13.1 Å². The maximum absolute atomic E-state index is 4.08. The van der Waals surface area contributed by atoms with Crippen LogP contribution in [-0.2, 0) is 0 Å². The van der Waals surface area contributed by atoms with E-state index in [0.29, 0.717) is 0 Å². The van der Waals surface area contributed by atoms with Gasteiger partial charge >= 0.3 is 0 Å². The predicted octanol–water partition coefficient (Wildman–Crippen LogP) is 5.71. The van der Waals surface area contributed by atoms with Gasteiger partial charge in [-0.15, -0.1) is 0 Å². The Morgan fingerprint density at radius 3 is 1.45 bits per heavy atom. The average molecular weight is 277 g/mol. The van der Waals surface area contributed by atoms with E-state index in [0.717, 1.165) is 0 Å². The van der Waals surface area contributed by atoms with E-state index in [2.05, 4.69) is 80.4 Å². The third-order valence-electron chi connectivity index (χ3n) is 3.40. The molecule has 0 aliphatic heterocycles. The topological polar surface area (TPSA) is 12.0 Å². The van der Waals surface area contributed by atoms with Crippen molar-refractivity contribution in [2.24, 2.45) is 16.2 Å². The van der Waals surface area contributed by atoms with Crippen molar-refractivity contribution in [3.8, 4) is 0 Å². The summed E-state index contributed by atoms with van der Waals surface area (Å²) in [6.07, 6.45) is 4.19. The molecular formula is C19H35N. The van der Waals surface area contributed by atoms with Crippen molar-refractivity contribution in [3.63, 3.8) is 0 Å². The summed E-state index contributed by atoms with van der Waals surface area (Å²) in [7, 11) is 1.97.